The van der Waals surface area contributed by atoms with E-state index in [1.807, 2.05) is 30.4 Å². The number of allylic oxidation sites excluding steroid dienone is 1. The van der Waals surface area contributed by atoms with Crippen molar-refractivity contribution >= 4 is 17.9 Å². The monoisotopic (exact) mass is 453 g/mol. The van der Waals surface area contributed by atoms with E-state index in [0.29, 0.717) is 13.0 Å². The Morgan fingerprint density at radius 2 is 1.50 bits per heavy atom. The van der Waals surface area contributed by atoms with E-state index in [4.69, 9.17) is 0 Å². The predicted octanol–water partition coefficient (Wildman–Crippen LogP) is 0.767. The van der Waals surface area contributed by atoms with Crippen LogP contribution in [0, 0.1) is 5.92 Å². The topological polar surface area (TPSA) is 41.7 Å². The molecule has 3 nitrogen and oxygen atoms in total. The van der Waals surface area contributed by atoms with E-state index in [-0.39, 0.29) is 18.2 Å². The van der Waals surface area contributed by atoms with Crippen LogP contribution in [-0.4, -0.2) is 36.1 Å². The van der Waals surface area contributed by atoms with E-state index in [0.717, 1.165) is 37.1 Å². The minimum atomic E-state index is -1.12. The van der Waals surface area contributed by atoms with E-state index in [2.05, 4.69) is 57.2 Å². The minimum Gasteiger partial charge on any atom is -1.00 e. The van der Waals surface area contributed by atoms with E-state index in [1.165, 1.54) is 16.0 Å². The summed E-state index contributed by atoms with van der Waals surface area (Å²) >= 11 is 0. The second-order valence-electron chi connectivity index (χ2n) is 8.61. The number of piperidine rings is 1. The molecule has 3 atom stereocenters. The second-order valence-corrected chi connectivity index (χ2v) is 8.61. The molecule has 4 heteroatoms. The number of aryl methyl sites for hydroxylation is 2. The van der Waals surface area contributed by atoms with Crippen LogP contribution in [-0.2, 0) is 17.6 Å². The van der Waals surface area contributed by atoms with Crippen molar-refractivity contribution in [1.29, 1.82) is 0 Å². The summed E-state index contributed by atoms with van der Waals surface area (Å²) in [6.45, 7) is 8.90. The molecular weight excluding hydrogens is 418 g/mol. The summed E-state index contributed by atoms with van der Waals surface area (Å²) in [5, 5.41) is 11.5. The van der Waals surface area contributed by atoms with Crippen LogP contribution in [0.2, 0.25) is 0 Å². The Kier molecular flexibility index (Phi) is 9.89. The number of benzene rings is 2. The third-order valence-corrected chi connectivity index (χ3v) is 6.60. The number of halogens is 1. The Morgan fingerprint density at radius 1 is 0.969 bits per heavy atom. The highest BCUT2D eigenvalue weighted by atomic mass is 35.5. The molecule has 2 aromatic carbocycles. The number of likely N-dealkylation sites (tertiary alicyclic amines) is 1. The Bertz CT molecular complexity index is 917. The Labute approximate surface area is 199 Å². The number of ketones is 1. The zero-order valence-electron chi connectivity index (χ0n) is 19.5. The molecule has 3 rings (SSSR count). The lowest BCUT2D eigenvalue weighted by Crippen LogP contribution is -3.14. The molecular formula is C28H36ClNO2. The summed E-state index contributed by atoms with van der Waals surface area (Å²) in [4.78, 5) is 14.5. The second kappa shape index (κ2) is 12.2. The first-order valence-electron chi connectivity index (χ1n) is 11.6. The summed E-state index contributed by atoms with van der Waals surface area (Å²) in [6, 6.07) is 16.6. The molecule has 1 fully saturated rings. The highest BCUT2D eigenvalue weighted by molar-refractivity contribution is 5.96. The molecule has 0 amide bonds. The fraction of sp³-hybridized carbons (Fsp3) is 0.393. The van der Waals surface area contributed by atoms with Crippen LogP contribution in [0.15, 0.2) is 60.7 Å². The molecule has 1 saturated heterocycles. The number of hydrogen-bond acceptors (Lipinski definition) is 2. The number of quaternary nitrogens is 1. The number of nitrogens with one attached hydrogen (secondary N) is 1. The van der Waals surface area contributed by atoms with Gasteiger partial charge in [-0.15, -0.1) is 0 Å². The maximum atomic E-state index is 13.2. The molecule has 1 aliphatic heterocycles. The maximum absolute atomic E-state index is 13.2. The third kappa shape index (κ3) is 6.65. The lowest BCUT2D eigenvalue weighted by atomic mass is 9.77. The van der Waals surface area contributed by atoms with E-state index in [9.17, 15) is 9.90 Å². The normalized spacial score (nSPS) is 23.4. The maximum Gasteiger partial charge on any atom is 0.167 e. The fourth-order valence-electron chi connectivity index (χ4n) is 4.25. The molecule has 32 heavy (non-hydrogen) atoms. The highest BCUT2D eigenvalue weighted by Gasteiger charge is 2.44. The zero-order chi connectivity index (χ0) is 22.3. The van der Waals surface area contributed by atoms with Crippen LogP contribution >= 0.6 is 0 Å². The SMILES string of the molecule is CCc1ccc(/C=C/C(=O)[C@@H]2C[NH+](CC)CC[C@@]2(O)/C=C/c2ccc(CC)cc2)cc1.[Cl-]. The summed E-state index contributed by atoms with van der Waals surface area (Å²) in [5.74, 6) is -0.438. The Hall–Kier alpha value is -2.20. The molecule has 1 heterocycles. The van der Waals surface area contributed by atoms with Crippen molar-refractivity contribution in [2.24, 2.45) is 5.92 Å². The van der Waals surface area contributed by atoms with Gasteiger partial charge < -0.3 is 22.4 Å². The van der Waals surface area contributed by atoms with Crippen molar-refractivity contribution in [3.05, 3.63) is 82.9 Å². The molecule has 172 valence electrons. The van der Waals surface area contributed by atoms with Crippen LogP contribution in [0.1, 0.15) is 49.4 Å². The van der Waals surface area contributed by atoms with Crippen LogP contribution in [0.25, 0.3) is 12.2 Å². The summed E-state index contributed by atoms with van der Waals surface area (Å²) in [6.07, 6.45) is 9.94. The first kappa shape index (κ1) is 26.1. The van der Waals surface area contributed by atoms with Gasteiger partial charge in [0, 0.05) is 6.42 Å². The van der Waals surface area contributed by atoms with Gasteiger partial charge in [0.2, 0.25) is 0 Å². The Balaban J connectivity index is 0.00000363. The quantitative estimate of drug-likeness (QED) is 0.580. The molecule has 0 aliphatic carbocycles. The van der Waals surface area contributed by atoms with Gasteiger partial charge >= 0.3 is 0 Å². The standard InChI is InChI=1S/C28H35NO2.ClH/c1-4-22-7-11-24(12-8-22)15-16-27(30)26-21-29(6-3)20-19-28(26,31)18-17-25-13-9-23(5-2)10-14-25;/h7-18,26,31H,4-6,19-21H2,1-3H3;1H/b16-15+,18-17+;/t26-,28-;/m0./s1. The van der Waals surface area contributed by atoms with E-state index in [1.54, 1.807) is 6.08 Å². The molecule has 2 aromatic rings. The molecule has 0 radical (unpaired) electrons. The van der Waals surface area contributed by atoms with Gasteiger partial charge in [0.05, 0.1) is 19.6 Å². The van der Waals surface area contributed by atoms with Crippen LogP contribution in [0.4, 0.5) is 0 Å². The number of carbonyl (C=O) groups excluding carboxylic acids is 1. The average molecular weight is 454 g/mol. The Morgan fingerprint density at radius 3 is 2.00 bits per heavy atom. The molecule has 0 bridgehead atoms. The average Bonchev–Trinajstić information content (AvgIpc) is 2.82. The molecule has 0 aromatic heterocycles. The molecule has 0 spiro atoms. The fourth-order valence-corrected chi connectivity index (χ4v) is 4.25. The van der Waals surface area contributed by atoms with Crippen LogP contribution in [0.3, 0.4) is 0 Å². The molecule has 0 saturated carbocycles. The number of hydrogen-bond donors (Lipinski definition) is 2. The van der Waals surface area contributed by atoms with Gasteiger partial charge in [0.15, 0.2) is 5.78 Å². The zero-order valence-corrected chi connectivity index (χ0v) is 20.2. The lowest BCUT2D eigenvalue weighted by molar-refractivity contribution is -0.908. The third-order valence-electron chi connectivity index (χ3n) is 6.60. The molecule has 2 N–H and O–H groups in total. The van der Waals surface area contributed by atoms with Crippen molar-refractivity contribution in [1.82, 2.24) is 0 Å². The van der Waals surface area contributed by atoms with Gasteiger partial charge in [-0.1, -0.05) is 80.6 Å². The van der Waals surface area contributed by atoms with Gasteiger partial charge in [-0.25, -0.2) is 0 Å². The first-order valence-corrected chi connectivity index (χ1v) is 11.6. The van der Waals surface area contributed by atoms with Gasteiger partial charge in [-0.3, -0.25) is 4.79 Å². The number of carbonyl (C=O) groups is 1. The summed E-state index contributed by atoms with van der Waals surface area (Å²) < 4.78 is 0. The van der Waals surface area contributed by atoms with Gasteiger partial charge in [-0.2, -0.15) is 0 Å². The molecule has 1 aliphatic rings. The van der Waals surface area contributed by atoms with Crippen LogP contribution in [0.5, 0.6) is 0 Å². The van der Waals surface area contributed by atoms with Crippen LogP contribution < -0.4 is 17.3 Å². The van der Waals surface area contributed by atoms with Gasteiger partial charge in [-0.05, 0) is 48.1 Å². The van der Waals surface area contributed by atoms with Crippen molar-refractivity contribution in [3.63, 3.8) is 0 Å². The summed E-state index contributed by atoms with van der Waals surface area (Å²) in [5.41, 5.74) is 3.52. The van der Waals surface area contributed by atoms with Crippen molar-refractivity contribution < 1.29 is 27.2 Å². The number of aliphatic hydroxyl groups is 1. The van der Waals surface area contributed by atoms with Gasteiger partial charge in [0.1, 0.15) is 11.5 Å². The predicted molar refractivity (Wildman–Crippen MR) is 129 cm³/mol. The first-order chi connectivity index (χ1) is 15.0. The summed E-state index contributed by atoms with van der Waals surface area (Å²) in [7, 11) is 0. The number of rotatable bonds is 8. The molecule has 1 unspecified atom stereocenters. The largest absolute Gasteiger partial charge is 1.00 e. The van der Waals surface area contributed by atoms with Crippen molar-refractivity contribution in [3.8, 4) is 0 Å². The highest BCUT2D eigenvalue weighted by Crippen LogP contribution is 2.27. The lowest BCUT2D eigenvalue weighted by Gasteiger charge is -2.39. The van der Waals surface area contributed by atoms with Gasteiger partial charge in [0.25, 0.3) is 0 Å². The van der Waals surface area contributed by atoms with Crippen molar-refractivity contribution in [2.75, 3.05) is 19.6 Å². The smallest absolute Gasteiger partial charge is 0.167 e. The minimum absolute atomic E-state index is 0. The van der Waals surface area contributed by atoms with E-state index >= 15 is 0 Å². The van der Waals surface area contributed by atoms with E-state index < -0.39 is 11.5 Å². The van der Waals surface area contributed by atoms with Crippen molar-refractivity contribution in [2.45, 2.75) is 45.6 Å².